The van der Waals surface area contributed by atoms with E-state index in [1.54, 1.807) is 6.20 Å². The Morgan fingerprint density at radius 2 is 2.17 bits per heavy atom. The number of pyridine rings is 1. The summed E-state index contributed by atoms with van der Waals surface area (Å²) < 4.78 is 0. The van der Waals surface area contributed by atoms with E-state index < -0.39 is 0 Å². The normalized spacial score (nSPS) is 10.5. The molecule has 1 aromatic rings. The molecule has 1 heterocycles. The fourth-order valence-electron chi connectivity index (χ4n) is 0.938. The van der Waals surface area contributed by atoms with E-state index in [4.69, 9.17) is 0 Å². The van der Waals surface area contributed by atoms with Crippen LogP contribution in [0.5, 0.6) is 0 Å². The third-order valence-electron chi connectivity index (χ3n) is 1.61. The summed E-state index contributed by atoms with van der Waals surface area (Å²) >= 11 is 0. The van der Waals surface area contributed by atoms with Crippen molar-refractivity contribution in [2.24, 2.45) is 4.99 Å². The van der Waals surface area contributed by atoms with Crippen molar-refractivity contribution in [1.82, 2.24) is 4.98 Å². The summed E-state index contributed by atoms with van der Waals surface area (Å²) in [4.78, 5) is 7.97. The molecule has 0 atom stereocenters. The second-order valence-electron chi connectivity index (χ2n) is 2.65. The summed E-state index contributed by atoms with van der Waals surface area (Å²) in [5.41, 5.74) is 3.13. The molecule has 2 heteroatoms. The van der Waals surface area contributed by atoms with E-state index in [1.165, 1.54) is 0 Å². The van der Waals surface area contributed by atoms with Gasteiger partial charge in [0.05, 0.1) is 5.69 Å². The molecule has 2 nitrogen and oxygen atoms in total. The molecule has 0 unspecified atom stereocenters. The van der Waals surface area contributed by atoms with E-state index in [2.05, 4.69) is 16.7 Å². The van der Waals surface area contributed by atoms with Crippen LogP contribution in [-0.4, -0.2) is 11.7 Å². The van der Waals surface area contributed by atoms with Gasteiger partial charge in [0.2, 0.25) is 0 Å². The van der Waals surface area contributed by atoms with Gasteiger partial charge in [0.15, 0.2) is 0 Å². The van der Waals surface area contributed by atoms with E-state index in [0.717, 1.165) is 17.0 Å². The fraction of sp³-hybridized carbons (Fsp3) is 0.200. The predicted octanol–water partition coefficient (Wildman–Crippen LogP) is 2.37. The van der Waals surface area contributed by atoms with E-state index >= 15 is 0 Å². The van der Waals surface area contributed by atoms with Crippen LogP contribution in [0.2, 0.25) is 0 Å². The highest BCUT2D eigenvalue weighted by Crippen LogP contribution is 2.07. The number of aromatic nitrogens is 1. The maximum Gasteiger partial charge on any atom is 0.0677 e. The number of hydrogen-bond acceptors (Lipinski definition) is 2. The van der Waals surface area contributed by atoms with Gasteiger partial charge in [0.25, 0.3) is 0 Å². The fourth-order valence-corrected chi connectivity index (χ4v) is 0.938. The zero-order valence-electron chi connectivity index (χ0n) is 7.41. The number of nitrogens with zero attached hydrogens (tertiary/aromatic N) is 2. The van der Waals surface area contributed by atoms with Gasteiger partial charge in [-0.1, -0.05) is 6.07 Å². The van der Waals surface area contributed by atoms with Crippen LogP contribution in [0, 0.1) is 13.8 Å². The number of hydrogen-bond donors (Lipinski definition) is 0. The van der Waals surface area contributed by atoms with Crippen molar-refractivity contribution in [2.75, 3.05) is 0 Å². The molecular weight excluding hydrogens is 148 g/mol. The van der Waals surface area contributed by atoms with Gasteiger partial charge in [-0.05, 0) is 38.3 Å². The highest BCUT2D eigenvalue weighted by molar-refractivity contribution is 5.49. The van der Waals surface area contributed by atoms with E-state index in [9.17, 15) is 0 Å². The molecule has 0 aliphatic heterocycles. The number of rotatable bonds is 2. The maximum absolute atomic E-state index is 4.34. The minimum absolute atomic E-state index is 0.961. The molecule has 62 valence electrons. The Balaban J connectivity index is 3.04. The van der Waals surface area contributed by atoms with Crippen molar-refractivity contribution in [3.63, 3.8) is 0 Å². The molecule has 1 aromatic heterocycles. The molecule has 0 saturated carbocycles. The number of aryl methyl sites for hydroxylation is 2. The van der Waals surface area contributed by atoms with Gasteiger partial charge < -0.3 is 0 Å². The third-order valence-corrected chi connectivity index (χ3v) is 1.61. The molecule has 0 aliphatic carbocycles. The topological polar surface area (TPSA) is 25.2 Å². The molecule has 0 saturated heterocycles. The van der Waals surface area contributed by atoms with Crippen LogP contribution in [0.25, 0.3) is 6.08 Å². The van der Waals surface area contributed by atoms with Gasteiger partial charge in [-0.2, -0.15) is 0 Å². The molecule has 1 rings (SSSR count). The monoisotopic (exact) mass is 160 g/mol. The van der Waals surface area contributed by atoms with E-state index in [0.29, 0.717) is 0 Å². The maximum atomic E-state index is 4.34. The van der Waals surface area contributed by atoms with Crippen molar-refractivity contribution in [3.05, 3.63) is 35.3 Å². The lowest BCUT2D eigenvalue weighted by atomic mass is 10.2. The third kappa shape index (κ3) is 2.02. The smallest absolute Gasteiger partial charge is 0.0677 e. The molecule has 0 bridgehead atoms. The average Bonchev–Trinajstić information content (AvgIpc) is 2.07. The molecule has 0 aliphatic rings. The van der Waals surface area contributed by atoms with Gasteiger partial charge in [-0.3, -0.25) is 9.98 Å². The second-order valence-corrected chi connectivity index (χ2v) is 2.65. The first kappa shape index (κ1) is 8.65. The summed E-state index contributed by atoms with van der Waals surface area (Å²) in [6.45, 7) is 7.36. The van der Waals surface area contributed by atoms with Crippen LogP contribution >= 0.6 is 0 Å². The number of aliphatic imine (C=N–C) groups is 1. The summed E-state index contributed by atoms with van der Waals surface area (Å²) in [6.07, 6.45) is 3.50. The zero-order valence-corrected chi connectivity index (χ0v) is 7.41. The lowest BCUT2D eigenvalue weighted by Gasteiger charge is -1.99. The molecule has 0 fully saturated rings. The Labute approximate surface area is 72.7 Å². The summed E-state index contributed by atoms with van der Waals surface area (Å²) in [5.74, 6) is 0. The Bertz CT molecular complexity index is 314. The molecule has 12 heavy (non-hydrogen) atoms. The lowest BCUT2D eigenvalue weighted by molar-refractivity contribution is 1.15. The Hall–Kier alpha value is -1.44. The largest absolute Gasteiger partial charge is 0.272 e. The molecule has 0 radical (unpaired) electrons. The first-order chi connectivity index (χ1) is 5.74. The molecular formula is C10H12N2. The SMILES string of the molecule is C=N/C=C\c1nc(C)ccc1C. The van der Waals surface area contributed by atoms with Crippen LogP contribution in [0.3, 0.4) is 0 Å². The molecule has 0 amide bonds. The highest BCUT2D eigenvalue weighted by atomic mass is 14.7. The first-order valence-corrected chi connectivity index (χ1v) is 3.80. The zero-order chi connectivity index (χ0) is 8.97. The van der Waals surface area contributed by atoms with Gasteiger partial charge in [-0.25, -0.2) is 0 Å². The van der Waals surface area contributed by atoms with Crippen LogP contribution in [0.4, 0.5) is 0 Å². The van der Waals surface area contributed by atoms with Crippen LogP contribution in [-0.2, 0) is 0 Å². The van der Waals surface area contributed by atoms with Crippen LogP contribution in [0.15, 0.2) is 23.3 Å². The summed E-state index contributed by atoms with van der Waals surface area (Å²) in [6, 6.07) is 4.04. The predicted molar refractivity (Wildman–Crippen MR) is 52.3 cm³/mol. The van der Waals surface area contributed by atoms with E-state index in [-0.39, 0.29) is 0 Å². The van der Waals surface area contributed by atoms with Crippen molar-refractivity contribution in [1.29, 1.82) is 0 Å². The van der Waals surface area contributed by atoms with Gasteiger partial charge in [0, 0.05) is 11.9 Å². The first-order valence-electron chi connectivity index (χ1n) is 3.80. The molecule has 0 N–H and O–H groups in total. The van der Waals surface area contributed by atoms with Crippen molar-refractivity contribution in [2.45, 2.75) is 13.8 Å². The van der Waals surface area contributed by atoms with Gasteiger partial charge >= 0.3 is 0 Å². The van der Waals surface area contributed by atoms with Crippen molar-refractivity contribution < 1.29 is 0 Å². The average molecular weight is 160 g/mol. The second kappa shape index (κ2) is 3.81. The highest BCUT2D eigenvalue weighted by Gasteiger charge is 1.94. The van der Waals surface area contributed by atoms with Gasteiger partial charge in [-0.15, -0.1) is 0 Å². The van der Waals surface area contributed by atoms with Gasteiger partial charge in [0.1, 0.15) is 0 Å². The van der Waals surface area contributed by atoms with Crippen LogP contribution in [0.1, 0.15) is 17.0 Å². The van der Waals surface area contributed by atoms with Crippen molar-refractivity contribution in [3.8, 4) is 0 Å². The Kier molecular flexibility index (Phi) is 2.75. The molecule has 0 aromatic carbocycles. The summed E-state index contributed by atoms with van der Waals surface area (Å²) in [7, 11) is 0. The minimum atomic E-state index is 0.961. The summed E-state index contributed by atoms with van der Waals surface area (Å²) in [5, 5.41) is 0. The minimum Gasteiger partial charge on any atom is -0.272 e. The quantitative estimate of drug-likeness (QED) is 0.610. The van der Waals surface area contributed by atoms with Crippen LogP contribution < -0.4 is 0 Å². The Morgan fingerprint density at radius 3 is 2.83 bits per heavy atom. The Morgan fingerprint density at radius 1 is 1.42 bits per heavy atom. The lowest BCUT2D eigenvalue weighted by Crippen LogP contribution is -1.88. The van der Waals surface area contributed by atoms with Crippen molar-refractivity contribution >= 4 is 12.8 Å². The molecule has 0 spiro atoms. The van der Waals surface area contributed by atoms with E-state index in [1.807, 2.05) is 32.1 Å². The standard InChI is InChI=1S/C10H12N2/c1-8-4-5-9(2)12-10(8)6-7-11-3/h4-7H,3H2,1-2H3/b7-6-.